The number of carbonyl (C=O) groups excluding carboxylic acids is 1. The quantitative estimate of drug-likeness (QED) is 0.508. The molecule has 8 nitrogen and oxygen atoms in total. The van der Waals surface area contributed by atoms with Crippen LogP contribution in [-0.4, -0.2) is 67.1 Å². The fraction of sp³-hybridized carbons (Fsp3) is 0.609. The second-order valence-corrected chi connectivity index (χ2v) is 9.47. The largest absolute Gasteiger partial charge is 0.493 e. The minimum absolute atomic E-state index is 0.0370. The van der Waals surface area contributed by atoms with E-state index < -0.39 is 0 Å². The van der Waals surface area contributed by atoms with Gasteiger partial charge in [0.2, 0.25) is 17.6 Å². The van der Waals surface area contributed by atoms with E-state index in [-0.39, 0.29) is 5.91 Å². The van der Waals surface area contributed by atoms with Crippen LogP contribution >= 0.6 is 11.8 Å². The van der Waals surface area contributed by atoms with Gasteiger partial charge in [0.1, 0.15) is 0 Å². The van der Waals surface area contributed by atoms with Crippen molar-refractivity contribution in [2.45, 2.75) is 32.4 Å². The first-order valence-electron chi connectivity index (χ1n) is 11.1. The number of thioether (sulfide) groups is 1. The Hall–Kier alpha value is -2.26. The fourth-order valence-corrected chi connectivity index (χ4v) is 4.87. The van der Waals surface area contributed by atoms with E-state index in [0.717, 1.165) is 30.4 Å². The Balaban J connectivity index is 1.35. The molecule has 1 fully saturated rings. The van der Waals surface area contributed by atoms with Crippen molar-refractivity contribution < 1.29 is 18.8 Å². The lowest BCUT2D eigenvalue weighted by atomic mass is 9.92. The summed E-state index contributed by atoms with van der Waals surface area (Å²) in [5.74, 6) is 4.63. The van der Waals surface area contributed by atoms with Gasteiger partial charge in [-0.2, -0.15) is 4.98 Å². The fourth-order valence-electron chi connectivity index (χ4n) is 4.19. The number of carbonyl (C=O) groups is 1. The molecule has 1 aliphatic heterocycles. The van der Waals surface area contributed by atoms with Crippen molar-refractivity contribution >= 4 is 17.7 Å². The molecule has 3 rings (SSSR count). The molecule has 1 aromatic heterocycles. The van der Waals surface area contributed by atoms with E-state index in [2.05, 4.69) is 34.2 Å². The van der Waals surface area contributed by atoms with Gasteiger partial charge in [-0.1, -0.05) is 19.0 Å². The maximum atomic E-state index is 12.1. The van der Waals surface area contributed by atoms with Crippen molar-refractivity contribution in [2.75, 3.05) is 46.2 Å². The van der Waals surface area contributed by atoms with E-state index >= 15 is 0 Å². The van der Waals surface area contributed by atoms with Crippen molar-refractivity contribution in [3.8, 4) is 22.9 Å². The standard InChI is InChI=1S/C23H34N4O4S/c1-16-10-17(2)13-27(12-16)9-5-8-24-21(28)14-32-15-22-25-23(26-31-22)18-6-7-19(29-3)20(11-18)30-4/h6-7,11,16-17H,5,8-10,12-15H2,1-4H3,(H,24,28)/t16-,17-/m1/s1. The number of amides is 1. The third-order valence-corrected chi connectivity index (χ3v) is 6.40. The third-order valence-electron chi connectivity index (χ3n) is 5.49. The van der Waals surface area contributed by atoms with Crippen LogP contribution in [0.25, 0.3) is 11.4 Å². The SMILES string of the molecule is COc1ccc(-c2noc(CSCC(=O)NCCCN3C[C@H](C)C[C@@H](C)C3)n2)cc1OC. The zero-order valence-corrected chi connectivity index (χ0v) is 20.2. The predicted molar refractivity (Wildman–Crippen MR) is 126 cm³/mol. The molecule has 1 aromatic carbocycles. The molecule has 0 aliphatic carbocycles. The molecule has 2 atom stereocenters. The van der Waals surface area contributed by atoms with Crippen LogP contribution in [0.3, 0.4) is 0 Å². The number of nitrogens with zero attached hydrogens (tertiary/aromatic N) is 3. The van der Waals surface area contributed by atoms with Gasteiger partial charge in [-0.25, -0.2) is 0 Å². The smallest absolute Gasteiger partial charge is 0.236 e. The molecule has 0 unspecified atom stereocenters. The van der Waals surface area contributed by atoms with Crippen molar-refractivity contribution in [1.82, 2.24) is 20.4 Å². The van der Waals surface area contributed by atoms with E-state index in [1.807, 2.05) is 6.07 Å². The van der Waals surface area contributed by atoms with Gasteiger partial charge in [-0.3, -0.25) is 4.79 Å². The normalized spacial score (nSPS) is 19.0. The highest BCUT2D eigenvalue weighted by atomic mass is 32.2. The first-order valence-corrected chi connectivity index (χ1v) is 12.3. The van der Waals surface area contributed by atoms with Crippen LogP contribution in [0.2, 0.25) is 0 Å². The number of aromatic nitrogens is 2. The van der Waals surface area contributed by atoms with Crippen LogP contribution in [0.5, 0.6) is 11.5 Å². The van der Waals surface area contributed by atoms with Crippen LogP contribution < -0.4 is 14.8 Å². The number of methoxy groups -OCH3 is 2. The van der Waals surface area contributed by atoms with Crippen molar-refractivity contribution in [3.63, 3.8) is 0 Å². The molecular formula is C23H34N4O4S. The number of benzene rings is 1. The van der Waals surface area contributed by atoms with Crippen LogP contribution in [0.1, 0.15) is 32.6 Å². The van der Waals surface area contributed by atoms with E-state index in [0.29, 0.717) is 41.3 Å². The summed E-state index contributed by atoms with van der Waals surface area (Å²) in [6.07, 6.45) is 2.30. The van der Waals surface area contributed by atoms with Crippen LogP contribution in [-0.2, 0) is 10.5 Å². The minimum atomic E-state index is 0.0370. The van der Waals surface area contributed by atoms with Gasteiger partial charge in [-0.05, 0) is 49.4 Å². The number of hydrogen-bond acceptors (Lipinski definition) is 8. The maximum absolute atomic E-state index is 12.1. The van der Waals surface area contributed by atoms with Gasteiger partial charge in [0.15, 0.2) is 11.5 Å². The molecule has 0 bridgehead atoms. The van der Waals surface area contributed by atoms with Gasteiger partial charge in [0.25, 0.3) is 0 Å². The molecule has 2 aromatic rings. The lowest BCUT2D eigenvalue weighted by Crippen LogP contribution is -2.40. The molecule has 176 valence electrons. The van der Waals surface area contributed by atoms with Gasteiger partial charge in [0.05, 0.1) is 25.7 Å². The summed E-state index contributed by atoms with van der Waals surface area (Å²) in [4.78, 5) is 19.0. The highest BCUT2D eigenvalue weighted by Gasteiger charge is 2.21. The summed E-state index contributed by atoms with van der Waals surface area (Å²) in [7, 11) is 3.17. The molecule has 1 saturated heterocycles. The summed E-state index contributed by atoms with van der Waals surface area (Å²) in [5.41, 5.74) is 0.776. The Kier molecular flexibility index (Phi) is 9.23. The van der Waals surface area contributed by atoms with E-state index in [1.165, 1.54) is 31.3 Å². The molecule has 0 saturated carbocycles. The van der Waals surface area contributed by atoms with Crippen molar-refractivity contribution in [3.05, 3.63) is 24.1 Å². The molecule has 1 amide bonds. The van der Waals surface area contributed by atoms with Crippen LogP contribution in [0.4, 0.5) is 0 Å². The van der Waals surface area contributed by atoms with E-state index in [9.17, 15) is 4.79 Å². The summed E-state index contributed by atoms with van der Waals surface area (Å²) in [6, 6.07) is 5.46. The van der Waals surface area contributed by atoms with Crippen LogP contribution in [0.15, 0.2) is 22.7 Å². The zero-order chi connectivity index (χ0) is 22.9. The first-order chi connectivity index (χ1) is 15.5. The number of ether oxygens (including phenoxy) is 2. The van der Waals surface area contributed by atoms with Gasteiger partial charge < -0.3 is 24.2 Å². The number of likely N-dealkylation sites (tertiary alicyclic amines) is 1. The molecule has 0 radical (unpaired) electrons. The third kappa shape index (κ3) is 7.13. The molecule has 1 N–H and O–H groups in total. The number of piperidine rings is 1. The topological polar surface area (TPSA) is 89.7 Å². The monoisotopic (exact) mass is 462 g/mol. The second-order valence-electron chi connectivity index (χ2n) is 8.48. The summed E-state index contributed by atoms with van der Waals surface area (Å²) in [5, 5.41) is 7.04. The van der Waals surface area contributed by atoms with Gasteiger partial charge >= 0.3 is 0 Å². The molecular weight excluding hydrogens is 428 g/mol. The highest BCUT2D eigenvalue weighted by molar-refractivity contribution is 7.99. The second kappa shape index (κ2) is 12.1. The Labute approximate surface area is 194 Å². The minimum Gasteiger partial charge on any atom is -0.493 e. The average Bonchev–Trinajstić information content (AvgIpc) is 3.24. The molecule has 1 aliphatic rings. The summed E-state index contributed by atoms with van der Waals surface area (Å²) >= 11 is 1.46. The lowest BCUT2D eigenvalue weighted by Gasteiger charge is -2.34. The predicted octanol–water partition coefficient (Wildman–Crippen LogP) is 3.47. The van der Waals surface area contributed by atoms with E-state index in [4.69, 9.17) is 14.0 Å². The maximum Gasteiger partial charge on any atom is 0.236 e. The number of hydrogen-bond donors (Lipinski definition) is 1. The van der Waals surface area contributed by atoms with Crippen molar-refractivity contribution in [2.24, 2.45) is 11.8 Å². The molecule has 9 heteroatoms. The summed E-state index contributed by atoms with van der Waals surface area (Å²) < 4.78 is 15.9. The number of rotatable bonds is 11. The van der Waals surface area contributed by atoms with E-state index in [1.54, 1.807) is 26.4 Å². The Bertz CT molecular complexity index is 865. The van der Waals surface area contributed by atoms with Gasteiger partial charge in [-0.15, -0.1) is 11.8 Å². The molecule has 0 spiro atoms. The Morgan fingerprint density at radius 1 is 1.22 bits per heavy atom. The highest BCUT2D eigenvalue weighted by Crippen LogP contribution is 2.31. The van der Waals surface area contributed by atoms with Crippen LogP contribution in [0, 0.1) is 11.8 Å². The summed E-state index contributed by atoms with van der Waals surface area (Å²) in [6.45, 7) is 8.74. The number of nitrogens with one attached hydrogen (secondary N) is 1. The molecule has 32 heavy (non-hydrogen) atoms. The average molecular weight is 463 g/mol. The lowest BCUT2D eigenvalue weighted by molar-refractivity contribution is -0.118. The van der Waals surface area contributed by atoms with Crippen molar-refractivity contribution in [1.29, 1.82) is 0 Å². The first kappa shape index (κ1) is 24.4. The Morgan fingerprint density at radius 3 is 2.69 bits per heavy atom. The Morgan fingerprint density at radius 2 is 1.97 bits per heavy atom. The van der Waals surface area contributed by atoms with Gasteiger partial charge in [0, 0.05) is 25.2 Å². The zero-order valence-electron chi connectivity index (χ0n) is 19.4. The molecule has 2 heterocycles.